The molecule has 2 N–H and O–H groups in total. The molecule has 9 nitrogen and oxygen atoms in total. The van der Waals surface area contributed by atoms with Crippen molar-refractivity contribution in [2.75, 3.05) is 0 Å². The minimum atomic E-state index is -1.12. The van der Waals surface area contributed by atoms with Gasteiger partial charge in [-0.05, 0) is 45.3 Å². The molecule has 0 aromatic rings. The summed E-state index contributed by atoms with van der Waals surface area (Å²) in [7, 11) is 0. The normalized spacial score (nSPS) is 29.7. The first-order valence-corrected chi connectivity index (χ1v) is 11.5. The van der Waals surface area contributed by atoms with E-state index in [-0.39, 0.29) is 6.42 Å². The molecule has 0 bridgehead atoms. The maximum Gasteiger partial charge on any atom is 0.305 e. The minimum absolute atomic E-state index is 0.0293. The third-order valence-electron chi connectivity index (χ3n) is 5.96. The Kier molecular flexibility index (Phi) is 9.85. The molecule has 1 heterocycles. The van der Waals surface area contributed by atoms with E-state index < -0.39 is 60.4 Å². The van der Waals surface area contributed by atoms with Gasteiger partial charge in [0.15, 0.2) is 12.2 Å². The van der Waals surface area contributed by atoms with Gasteiger partial charge in [-0.1, -0.05) is 23.8 Å². The summed E-state index contributed by atoms with van der Waals surface area (Å²) in [6.45, 7) is 13.2. The minimum Gasteiger partial charge on any atom is -0.462 e. The Labute approximate surface area is 206 Å². The Bertz CT molecular complexity index is 925. The van der Waals surface area contributed by atoms with Crippen molar-refractivity contribution in [2.24, 2.45) is 11.8 Å². The molecule has 0 radical (unpaired) electrons. The highest BCUT2D eigenvalue weighted by Gasteiger charge is 2.46. The van der Waals surface area contributed by atoms with Gasteiger partial charge in [0, 0.05) is 32.3 Å². The highest BCUT2D eigenvalue weighted by Crippen LogP contribution is 2.43. The predicted octanol–water partition coefficient (Wildman–Crippen LogP) is 2.87. The molecular weight excluding hydrogens is 456 g/mol. The van der Waals surface area contributed by atoms with E-state index in [2.05, 4.69) is 6.58 Å². The van der Waals surface area contributed by atoms with Crippen LogP contribution in [0.3, 0.4) is 0 Å². The molecule has 0 aromatic heterocycles. The molecule has 0 saturated carbocycles. The van der Waals surface area contributed by atoms with Gasteiger partial charge in [-0.25, -0.2) is 0 Å². The lowest BCUT2D eigenvalue weighted by atomic mass is 9.74. The maximum atomic E-state index is 12.1. The molecule has 0 spiro atoms. The number of aliphatic hydroxyl groups excluding tert-OH is 2. The zero-order valence-corrected chi connectivity index (χ0v) is 21.1. The van der Waals surface area contributed by atoms with Crippen molar-refractivity contribution in [1.29, 1.82) is 0 Å². The number of esters is 3. The summed E-state index contributed by atoms with van der Waals surface area (Å²) < 4.78 is 22.4. The summed E-state index contributed by atoms with van der Waals surface area (Å²) in [5.74, 6) is -2.82. The molecule has 2 aliphatic rings. The van der Waals surface area contributed by atoms with Crippen LogP contribution in [0, 0.1) is 11.8 Å². The van der Waals surface area contributed by atoms with Crippen molar-refractivity contribution in [3.8, 4) is 0 Å². The van der Waals surface area contributed by atoms with Crippen LogP contribution in [0.5, 0.6) is 0 Å². The van der Waals surface area contributed by atoms with Gasteiger partial charge in [-0.2, -0.15) is 0 Å². The number of hydrogen-bond donors (Lipinski definition) is 2. The molecule has 0 aromatic carbocycles. The number of hydrogen-bond acceptors (Lipinski definition) is 9. The van der Waals surface area contributed by atoms with Crippen molar-refractivity contribution in [3.05, 3.63) is 47.3 Å². The number of allylic oxidation sites excluding steroid dienone is 2. The highest BCUT2D eigenvalue weighted by molar-refractivity contribution is 5.68. The van der Waals surface area contributed by atoms with Crippen LogP contribution >= 0.6 is 0 Å². The fourth-order valence-electron chi connectivity index (χ4n) is 4.48. The Morgan fingerprint density at radius 1 is 1.09 bits per heavy atom. The first kappa shape index (κ1) is 28.3. The van der Waals surface area contributed by atoms with Gasteiger partial charge in [-0.3, -0.25) is 14.4 Å². The molecule has 7 atom stereocenters. The van der Waals surface area contributed by atoms with Crippen LogP contribution in [0.4, 0.5) is 0 Å². The van der Waals surface area contributed by atoms with Gasteiger partial charge in [-0.15, -0.1) is 0 Å². The zero-order chi connectivity index (χ0) is 26.4. The molecule has 194 valence electrons. The monoisotopic (exact) mass is 492 g/mol. The molecule has 1 aliphatic heterocycles. The van der Waals surface area contributed by atoms with Gasteiger partial charge in [0.25, 0.3) is 0 Å². The molecule has 0 fully saturated rings. The van der Waals surface area contributed by atoms with E-state index in [1.807, 2.05) is 13.8 Å². The molecule has 0 saturated heterocycles. The van der Waals surface area contributed by atoms with E-state index >= 15 is 0 Å². The average Bonchev–Trinajstić information content (AvgIpc) is 2.76. The van der Waals surface area contributed by atoms with Crippen molar-refractivity contribution in [1.82, 2.24) is 0 Å². The van der Waals surface area contributed by atoms with E-state index in [9.17, 15) is 24.6 Å². The SMILES string of the molecule is C=C1C[C@@H](O)[C@@H](O)/C(C)=C/C[C@@H]2C([C@@H](OC(C)=O)[C@H](C=C(C)C)OC(C)=O)=CO[C@H](OC(C)=O)[C@@H]12. The Morgan fingerprint density at radius 2 is 1.71 bits per heavy atom. The fourth-order valence-corrected chi connectivity index (χ4v) is 4.48. The highest BCUT2D eigenvalue weighted by atomic mass is 16.7. The number of carbonyl (C=O) groups is 3. The fraction of sp³-hybridized carbons (Fsp3) is 0.577. The van der Waals surface area contributed by atoms with Crippen LogP contribution in [0.2, 0.25) is 0 Å². The second-order valence-electron chi connectivity index (χ2n) is 9.27. The van der Waals surface area contributed by atoms with Gasteiger partial charge >= 0.3 is 17.9 Å². The number of aliphatic hydroxyl groups is 2. The average molecular weight is 493 g/mol. The second kappa shape index (κ2) is 12.2. The van der Waals surface area contributed by atoms with Crippen molar-refractivity contribution < 1.29 is 43.5 Å². The van der Waals surface area contributed by atoms with Crippen LogP contribution < -0.4 is 0 Å². The summed E-state index contributed by atoms with van der Waals surface area (Å²) in [4.78, 5) is 35.8. The summed E-state index contributed by atoms with van der Waals surface area (Å²) in [5, 5.41) is 21.0. The van der Waals surface area contributed by atoms with E-state index in [4.69, 9.17) is 18.9 Å². The smallest absolute Gasteiger partial charge is 0.305 e. The second-order valence-corrected chi connectivity index (χ2v) is 9.27. The number of rotatable bonds is 6. The standard InChI is InChI=1S/C26H36O9/c1-13(2)10-22(33-16(5)27)25(34-17(6)28)20-12-32-26(35-18(7)29)23-15(4)11-21(30)24(31)14(3)8-9-19(20)23/h8,10,12,19,21-26,30-31H,4,9,11H2,1-3,5-7H3/b14-8+/t19-,21-,22+,23+,24+,25-,26-/m1/s1. The largest absolute Gasteiger partial charge is 0.462 e. The molecule has 0 amide bonds. The molecule has 35 heavy (non-hydrogen) atoms. The van der Waals surface area contributed by atoms with Gasteiger partial charge < -0.3 is 29.2 Å². The number of ether oxygens (including phenoxy) is 4. The lowest BCUT2D eigenvalue weighted by Crippen LogP contribution is -2.45. The number of fused-ring (bicyclic) bond motifs is 1. The van der Waals surface area contributed by atoms with Gasteiger partial charge in [0.2, 0.25) is 6.29 Å². The summed E-state index contributed by atoms with van der Waals surface area (Å²) >= 11 is 0. The molecular formula is C26H36O9. The predicted molar refractivity (Wildman–Crippen MR) is 126 cm³/mol. The molecule has 2 rings (SSSR count). The Balaban J connectivity index is 2.67. The summed E-state index contributed by atoms with van der Waals surface area (Å²) in [5.41, 5.74) is 2.38. The van der Waals surface area contributed by atoms with E-state index in [0.717, 1.165) is 5.57 Å². The lowest BCUT2D eigenvalue weighted by Gasteiger charge is -2.41. The van der Waals surface area contributed by atoms with Crippen molar-refractivity contribution in [3.63, 3.8) is 0 Å². The Hall–Kier alpha value is -2.91. The van der Waals surface area contributed by atoms with Gasteiger partial charge in [0.1, 0.15) is 6.10 Å². The maximum absolute atomic E-state index is 12.1. The molecule has 1 aliphatic carbocycles. The van der Waals surface area contributed by atoms with Crippen molar-refractivity contribution in [2.45, 2.75) is 85.1 Å². The quantitative estimate of drug-likeness (QED) is 0.327. The van der Waals surface area contributed by atoms with E-state index in [1.54, 1.807) is 19.1 Å². The van der Waals surface area contributed by atoms with Crippen LogP contribution in [-0.4, -0.2) is 58.8 Å². The van der Waals surface area contributed by atoms with E-state index in [0.29, 0.717) is 23.1 Å². The first-order valence-electron chi connectivity index (χ1n) is 11.5. The third-order valence-corrected chi connectivity index (χ3v) is 5.96. The first-order chi connectivity index (χ1) is 16.3. The van der Waals surface area contributed by atoms with Crippen molar-refractivity contribution >= 4 is 17.9 Å². The topological polar surface area (TPSA) is 129 Å². The third kappa shape index (κ3) is 7.53. The van der Waals surface area contributed by atoms with Crippen LogP contribution in [0.1, 0.15) is 54.4 Å². The van der Waals surface area contributed by atoms with Crippen LogP contribution in [0.25, 0.3) is 0 Å². The lowest BCUT2D eigenvalue weighted by molar-refractivity contribution is -0.182. The summed E-state index contributed by atoms with van der Waals surface area (Å²) in [6.07, 6.45) is -0.0457. The number of carbonyl (C=O) groups excluding carboxylic acids is 3. The zero-order valence-electron chi connectivity index (χ0n) is 21.1. The van der Waals surface area contributed by atoms with Crippen LogP contribution in [-0.2, 0) is 33.3 Å². The molecule has 0 unspecified atom stereocenters. The molecule has 9 heteroatoms. The Morgan fingerprint density at radius 3 is 2.26 bits per heavy atom. The summed E-state index contributed by atoms with van der Waals surface area (Å²) in [6, 6.07) is 0. The van der Waals surface area contributed by atoms with Gasteiger partial charge in [0.05, 0.1) is 18.3 Å². The van der Waals surface area contributed by atoms with Crippen LogP contribution in [0.15, 0.2) is 47.3 Å². The van der Waals surface area contributed by atoms with E-state index in [1.165, 1.54) is 27.0 Å².